The van der Waals surface area contributed by atoms with Crippen molar-refractivity contribution in [1.82, 2.24) is 10.2 Å². The second kappa shape index (κ2) is 7.33. The summed E-state index contributed by atoms with van der Waals surface area (Å²) < 4.78 is 12.9. The molecule has 0 saturated carbocycles. The molecule has 19 heavy (non-hydrogen) atoms. The van der Waals surface area contributed by atoms with E-state index in [0.29, 0.717) is 11.6 Å². The molecule has 1 fully saturated rings. The zero-order valence-electron chi connectivity index (χ0n) is 10.4. The van der Waals surface area contributed by atoms with Crippen molar-refractivity contribution in [2.45, 2.75) is 12.6 Å². The van der Waals surface area contributed by atoms with Gasteiger partial charge in [0.1, 0.15) is 5.82 Å². The third kappa shape index (κ3) is 4.24. The van der Waals surface area contributed by atoms with E-state index in [9.17, 15) is 9.18 Å². The lowest BCUT2D eigenvalue weighted by atomic mass is 10.2. The van der Waals surface area contributed by atoms with Crippen molar-refractivity contribution < 1.29 is 9.18 Å². The Morgan fingerprint density at radius 3 is 2.95 bits per heavy atom. The van der Waals surface area contributed by atoms with Crippen molar-refractivity contribution in [3.63, 3.8) is 0 Å². The predicted molar refractivity (Wildman–Crippen MR) is 79.4 cm³/mol. The Morgan fingerprint density at radius 2 is 2.37 bits per heavy atom. The molecule has 0 unspecified atom stereocenters. The van der Waals surface area contributed by atoms with Crippen LogP contribution < -0.4 is 5.32 Å². The summed E-state index contributed by atoms with van der Waals surface area (Å²) in [7, 11) is 1.73. The van der Waals surface area contributed by atoms with Crippen LogP contribution in [-0.2, 0) is 11.3 Å². The molecule has 1 N–H and O–H groups in total. The number of thioether (sulfide) groups is 1. The van der Waals surface area contributed by atoms with Gasteiger partial charge in [0.25, 0.3) is 0 Å². The van der Waals surface area contributed by atoms with Crippen molar-refractivity contribution >= 4 is 41.7 Å². The molecule has 1 heterocycles. The molecule has 1 aliphatic rings. The zero-order chi connectivity index (χ0) is 13.1. The van der Waals surface area contributed by atoms with Gasteiger partial charge in [0.05, 0.1) is 6.04 Å². The topological polar surface area (TPSA) is 32.3 Å². The van der Waals surface area contributed by atoms with E-state index in [4.69, 9.17) is 11.6 Å². The molecule has 106 valence electrons. The molecule has 1 aromatic carbocycles. The first-order chi connectivity index (χ1) is 8.58. The molecule has 1 aromatic rings. The molecule has 7 heteroatoms. The van der Waals surface area contributed by atoms with Gasteiger partial charge in [0.2, 0.25) is 5.91 Å². The molecule has 1 atom stereocenters. The van der Waals surface area contributed by atoms with Crippen molar-refractivity contribution in [3.8, 4) is 0 Å². The fourth-order valence-electron chi connectivity index (χ4n) is 1.80. The minimum atomic E-state index is -0.369. The molecule has 1 saturated heterocycles. The molecule has 0 aromatic heterocycles. The largest absolute Gasteiger partial charge is 0.340 e. The van der Waals surface area contributed by atoms with Gasteiger partial charge in [0.15, 0.2) is 0 Å². The Balaban J connectivity index is 0.00000180. The van der Waals surface area contributed by atoms with Gasteiger partial charge in [-0.1, -0.05) is 17.7 Å². The maximum atomic E-state index is 12.9. The lowest BCUT2D eigenvalue weighted by Gasteiger charge is -2.21. The average Bonchev–Trinajstić information content (AvgIpc) is 2.85. The van der Waals surface area contributed by atoms with E-state index < -0.39 is 0 Å². The van der Waals surface area contributed by atoms with Crippen LogP contribution in [0.1, 0.15) is 5.56 Å². The molecule has 2 rings (SSSR count). The number of carbonyl (C=O) groups excluding carboxylic acids is 1. The Morgan fingerprint density at radius 1 is 1.63 bits per heavy atom. The Kier molecular flexibility index (Phi) is 6.39. The van der Waals surface area contributed by atoms with Gasteiger partial charge in [-0.25, -0.2) is 4.39 Å². The number of amides is 1. The first-order valence-electron chi connectivity index (χ1n) is 5.58. The second-order valence-electron chi connectivity index (χ2n) is 4.20. The summed E-state index contributed by atoms with van der Waals surface area (Å²) in [6.07, 6.45) is 0. The lowest BCUT2D eigenvalue weighted by Crippen LogP contribution is -2.42. The van der Waals surface area contributed by atoms with Crippen LogP contribution in [0.4, 0.5) is 4.39 Å². The second-order valence-corrected chi connectivity index (χ2v) is 5.64. The number of likely N-dealkylation sites (N-methyl/N-ethyl adjacent to an activating group) is 1. The van der Waals surface area contributed by atoms with Gasteiger partial charge >= 0.3 is 0 Å². The number of rotatable bonds is 3. The van der Waals surface area contributed by atoms with E-state index in [-0.39, 0.29) is 30.2 Å². The Labute approximate surface area is 127 Å². The van der Waals surface area contributed by atoms with Crippen molar-refractivity contribution in [1.29, 1.82) is 0 Å². The van der Waals surface area contributed by atoms with Gasteiger partial charge in [-0.15, -0.1) is 24.2 Å². The SMILES string of the molecule is CN(Cc1ccc(F)cc1Cl)C(=O)[C@H]1CSCN1.Cl. The number of halogens is 3. The van der Waals surface area contributed by atoms with Crippen molar-refractivity contribution in [3.05, 3.63) is 34.6 Å². The highest BCUT2D eigenvalue weighted by atomic mass is 35.5. The van der Waals surface area contributed by atoms with Crippen LogP contribution >= 0.6 is 35.8 Å². The number of hydrogen-bond donors (Lipinski definition) is 1. The standard InChI is InChI=1S/C12H14ClFN2OS.ClH/c1-16(12(17)11-6-18-7-15-11)5-8-2-3-9(14)4-10(8)13;/h2-4,11,15H,5-7H2,1H3;1H/t11-;/m1./s1. The predicted octanol–water partition coefficient (Wildman–Crippen LogP) is 2.52. The quantitative estimate of drug-likeness (QED) is 0.927. The summed E-state index contributed by atoms with van der Waals surface area (Å²) in [5, 5.41) is 3.48. The van der Waals surface area contributed by atoms with Crippen LogP contribution in [0.3, 0.4) is 0 Å². The molecular weight excluding hydrogens is 310 g/mol. The first-order valence-corrected chi connectivity index (χ1v) is 7.11. The molecular formula is C12H15Cl2FN2OS. The van der Waals surface area contributed by atoms with E-state index in [1.807, 2.05) is 0 Å². The summed E-state index contributed by atoms with van der Waals surface area (Å²) in [4.78, 5) is 13.7. The van der Waals surface area contributed by atoms with Crippen LogP contribution in [0.2, 0.25) is 5.02 Å². The number of nitrogens with one attached hydrogen (secondary N) is 1. The van der Waals surface area contributed by atoms with Gasteiger partial charge in [-0.2, -0.15) is 0 Å². The van der Waals surface area contributed by atoms with E-state index in [2.05, 4.69) is 5.32 Å². The van der Waals surface area contributed by atoms with Crippen LogP contribution in [-0.4, -0.2) is 35.5 Å². The smallest absolute Gasteiger partial charge is 0.240 e. The molecule has 0 radical (unpaired) electrons. The Hall–Kier alpha value is -0.490. The maximum absolute atomic E-state index is 12.9. The van der Waals surface area contributed by atoms with Crippen LogP contribution in [0.25, 0.3) is 0 Å². The summed E-state index contributed by atoms with van der Waals surface area (Å²) in [5.41, 5.74) is 0.750. The summed E-state index contributed by atoms with van der Waals surface area (Å²) >= 11 is 7.65. The first kappa shape index (κ1) is 16.6. The van der Waals surface area contributed by atoms with Crippen LogP contribution in [0, 0.1) is 5.82 Å². The lowest BCUT2D eigenvalue weighted by molar-refractivity contribution is -0.131. The number of hydrogen-bond acceptors (Lipinski definition) is 3. The molecule has 1 aliphatic heterocycles. The summed E-state index contributed by atoms with van der Waals surface area (Å²) in [6, 6.07) is 4.10. The summed E-state index contributed by atoms with van der Waals surface area (Å²) in [6.45, 7) is 0.390. The fraction of sp³-hybridized carbons (Fsp3) is 0.417. The number of benzene rings is 1. The van der Waals surface area contributed by atoms with Crippen LogP contribution in [0.15, 0.2) is 18.2 Å². The third-order valence-electron chi connectivity index (χ3n) is 2.81. The molecule has 1 amide bonds. The molecule has 0 bridgehead atoms. The van der Waals surface area contributed by atoms with E-state index >= 15 is 0 Å². The highest BCUT2D eigenvalue weighted by Gasteiger charge is 2.25. The van der Waals surface area contributed by atoms with Gasteiger partial charge in [-0.3, -0.25) is 10.1 Å². The molecule has 0 spiro atoms. The third-order valence-corrected chi connectivity index (χ3v) is 4.10. The molecule has 0 aliphatic carbocycles. The summed E-state index contributed by atoms with van der Waals surface area (Å²) in [5.74, 6) is 1.27. The van der Waals surface area contributed by atoms with Gasteiger partial charge in [0, 0.05) is 30.2 Å². The van der Waals surface area contributed by atoms with Crippen molar-refractivity contribution in [2.75, 3.05) is 18.7 Å². The highest BCUT2D eigenvalue weighted by molar-refractivity contribution is 7.99. The van der Waals surface area contributed by atoms with E-state index in [0.717, 1.165) is 17.2 Å². The average molecular weight is 325 g/mol. The van der Waals surface area contributed by atoms with E-state index in [1.165, 1.54) is 12.1 Å². The van der Waals surface area contributed by atoms with Crippen LogP contribution in [0.5, 0.6) is 0 Å². The maximum Gasteiger partial charge on any atom is 0.240 e. The molecule has 3 nitrogen and oxygen atoms in total. The van der Waals surface area contributed by atoms with Crippen molar-refractivity contribution in [2.24, 2.45) is 0 Å². The van der Waals surface area contributed by atoms with E-state index in [1.54, 1.807) is 29.8 Å². The minimum absolute atomic E-state index is 0. The fourth-order valence-corrected chi connectivity index (χ4v) is 2.96. The monoisotopic (exact) mass is 324 g/mol. The normalized spacial score (nSPS) is 17.9. The van der Waals surface area contributed by atoms with Gasteiger partial charge in [-0.05, 0) is 17.7 Å². The van der Waals surface area contributed by atoms with Gasteiger partial charge < -0.3 is 4.90 Å². The number of nitrogens with zero attached hydrogens (tertiary/aromatic N) is 1. The minimum Gasteiger partial charge on any atom is -0.340 e. The Bertz CT molecular complexity index is 455. The zero-order valence-corrected chi connectivity index (χ0v) is 12.7. The highest BCUT2D eigenvalue weighted by Crippen LogP contribution is 2.19. The number of carbonyl (C=O) groups is 1.